The van der Waals surface area contributed by atoms with Crippen LogP contribution in [0.1, 0.15) is 24.0 Å². The first-order valence-corrected chi connectivity index (χ1v) is 11.0. The van der Waals surface area contributed by atoms with E-state index in [0.29, 0.717) is 19.1 Å². The van der Waals surface area contributed by atoms with Gasteiger partial charge in [-0.2, -0.15) is 4.31 Å². The second-order valence-corrected chi connectivity index (χ2v) is 9.55. The summed E-state index contributed by atoms with van der Waals surface area (Å²) >= 11 is 5.76. The Hall–Kier alpha value is -1.47. The number of fused-ring (bicyclic) bond motifs is 1. The van der Waals surface area contributed by atoms with Crippen molar-refractivity contribution in [3.63, 3.8) is 0 Å². The van der Waals surface area contributed by atoms with Gasteiger partial charge in [-0.3, -0.25) is 4.90 Å². The highest BCUT2D eigenvalue weighted by atomic mass is 35.5. The maximum Gasteiger partial charge on any atom is 0.243 e. The minimum atomic E-state index is -3.64. The molecule has 0 aromatic heterocycles. The molecule has 2 aromatic carbocycles. The van der Waals surface area contributed by atoms with Crippen molar-refractivity contribution in [1.82, 2.24) is 9.21 Å². The van der Waals surface area contributed by atoms with Gasteiger partial charge in [0.15, 0.2) is 0 Å². The Morgan fingerprint density at radius 3 is 2.41 bits per heavy atom. The van der Waals surface area contributed by atoms with Crippen molar-refractivity contribution in [1.29, 1.82) is 0 Å². The van der Waals surface area contributed by atoms with Crippen molar-refractivity contribution in [3.05, 3.63) is 64.4 Å². The summed E-state index contributed by atoms with van der Waals surface area (Å²) in [7, 11) is -3.64. The number of nitrogens with zero attached hydrogens (tertiary/aromatic N) is 2. The molecule has 0 aliphatic carbocycles. The van der Waals surface area contributed by atoms with Crippen LogP contribution in [0, 0.1) is 5.82 Å². The second-order valence-electron chi connectivity index (χ2n) is 7.20. The lowest BCUT2D eigenvalue weighted by Crippen LogP contribution is -2.48. The first kappa shape index (κ1) is 18.9. The van der Waals surface area contributed by atoms with Gasteiger partial charge in [-0.25, -0.2) is 12.8 Å². The molecule has 4 nitrogen and oxygen atoms in total. The van der Waals surface area contributed by atoms with Gasteiger partial charge in [-0.1, -0.05) is 35.9 Å². The zero-order valence-corrected chi connectivity index (χ0v) is 16.5. The average Bonchev–Trinajstić information content (AvgIpc) is 2.69. The molecule has 0 saturated carbocycles. The van der Waals surface area contributed by atoms with Crippen LogP contribution in [-0.4, -0.2) is 43.3 Å². The molecule has 1 saturated heterocycles. The molecule has 144 valence electrons. The third-order valence-corrected chi connectivity index (χ3v) is 7.81. The van der Waals surface area contributed by atoms with E-state index < -0.39 is 15.8 Å². The summed E-state index contributed by atoms with van der Waals surface area (Å²) < 4.78 is 40.5. The molecule has 0 atom stereocenters. The summed E-state index contributed by atoms with van der Waals surface area (Å²) in [6, 6.07) is 12.5. The molecular formula is C20H22ClFN2O2S. The van der Waals surface area contributed by atoms with E-state index in [9.17, 15) is 12.8 Å². The molecule has 2 heterocycles. The Morgan fingerprint density at radius 1 is 1.00 bits per heavy atom. The number of sulfonamides is 1. The van der Waals surface area contributed by atoms with Crippen LogP contribution >= 0.6 is 11.6 Å². The molecule has 2 aliphatic heterocycles. The predicted octanol–water partition coefficient (Wildman–Crippen LogP) is 3.69. The number of piperidine rings is 1. The summed E-state index contributed by atoms with van der Waals surface area (Å²) in [6.07, 6.45) is 2.65. The van der Waals surface area contributed by atoms with Crippen molar-refractivity contribution in [2.75, 3.05) is 19.6 Å². The van der Waals surface area contributed by atoms with Crippen LogP contribution in [0.3, 0.4) is 0 Å². The van der Waals surface area contributed by atoms with Crippen LogP contribution in [0.5, 0.6) is 0 Å². The first-order valence-electron chi connectivity index (χ1n) is 9.21. The van der Waals surface area contributed by atoms with Crippen LogP contribution in [0.2, 0.25) is 5.02 Å². The number of rotatable bonds is 3. The monoisotopic (exact) mass is 408 g/mol. The summed E-state index contributed by atoms with van der Waals surface area (Å²) in [5.74, 6) is -0.611. The highest BCUT2D eigenvalue weighted by molar-refractivity contribution is 7.89. The van der Waals surface area contributed by atoms with Gasteiger partial charge in [0, 0.05) is 32.2 Å². The maximum atomic E-state index is 13.3. The van der Waals surface area contributed by atoms with Crippen molar-refractivity contribution in [2.24, 2.45) is 0 Å². The average molecular weight is 409 g/mol. The zero-order chi connectivity index (χ0) is 19.0. The fourth-order valence-corrected chi connectivity index (χ4v) is 5.80. The lowest BCUT2D eigenvalue weighted by atomic mass is 9.96. The molecule has 1 fully saturated rings. The van der Waals surface area contributed by atoms with Gasteiger partial charge in [0.25, 0.3) is 0 Å². The molecule has 2 aliphatic rings. The Kier molecular flexibility index (Phi) is 5.25. The normalized spacial score (nSPS) is 19.8. The molecule has 0 unspecified atom stereocenters. The van der Waals surface area contributed by atoms with Crippen LogP contribution in [0.4, 0.5) is 4.39 Å². The van der Waals surface area contributed by atoms with Gasteiger partial charge < -0.3 is 0 Å². The first-order chi connectivity index (χ1) is 12.9. The van der Waals surface area contributed by atoms with E-state index in [4.69, 9.17) is 11.6 Å². The highest BCUT2D eigenvalue weighted by Gasteiger charge is 2.33. The van der Waals surface area contributed by atoms with Gasteiger partial charge in [0.1, 0.15) is 5.82 Å². The largest absolute Gasteiger partial charge is 0.296 e. The van der Waals surface area contributed by atoms with Crippen molar-refractivity contribution < 1.29 is 12.8 Å². The molecule has 4 rings (SSSR count). The van der Waals surface area contributed by atoms with E-state index in [1.807, 2.05) is 0 Å². The molecule has 0 amide bonds. The van der Waals surface area contributed by atoms with Gasteiger partial charge in [0.05, 0.1) is 9.92 Å². The van der Waals surface area contributed by atoms with Crippen LogP contribution < -0.4 is 0 Å². The van der Waals surface area contributed by atoms with Crippen LogP contribution in [-0.2, 0) is 23.0 Å². The SMILES string of the molecule is O=S(=O)(c1ccc(F)c(Cl)c1)N1CCC(N2CCc3ccccc3C2)CC1. The molecule has 27 heavy (non-hydrogen) atoms. The lowest BCUT2D eigenvalue weighted by molar-refractivity contribution is 0.126. The molecule has 0 N–H and O–H groups in total. The number of halogens is 2. The summed E-state index contributed by atoms with van der Waals surface area (Å²) in [6.45, 7) is 2.89. The van der Waals surface area contributed by atoms with Crippen LogP contribution in [0.25, 0.3) is 0 Å². The molecule has 7 heteroatoms. The molecule has 2 aromatic rings. The van der Waals surface area contributed by atoms with Crippen molar-refractivity contribution in [3.8, 4) is 0 Å². The minimum absolute atomic E-state index is 0.0549. The quantitative estimate of drug-likeness (QED) is 0.777. The van der Waals surface area contributed by atoms with E-state index in [2.05, 4.69) is 29.2 Å². The van der Waals surface area contributed by atoms with Crippen LogP contribution in [0.15, 0.2) is 47.4 Å². The minimum Gasteiger partial charge on any atom is -0.296 e. The highest BCUT2D eigenvalue weighted by Crippen LogP contribution is 2.28. The number of hydrogen-bond acceptors (Lipinski definition) is 3. The third-order valence-electron chi connectivity index (χ3n) is 5.63. The van der Waals surface area contributed by atoms with Gasteiger partial charge in [0.2, 0.25) is 10.0 Å². The Balaban J connectivity index is 1.42. The van der Waals surface area contributed by atoms with E-state index in [0.717, 1.165) is 38.4 Å². The van der Waals surface area contributed by atoms with E-state index in [1.54, 1.807) is 0 Å². The fraction of sp³-hybridized carbons (Fsp3) is 0.400. The van der Waals surface area contributed by atoms with Gasteiger partial charge >= 0.3 is 0 Å². The fourth-order valence-electron chi connectivity index (χ4n) is 4.06. The van der Waals surface area contributed by atoms with E-state index in [-0.39, 0.29) is 9.92 Å². The van der Waals surface area contributed by atoms with E-state index in [1.165, 1.54) is 27.6 Å². The topological polar surface area (TPSA) is 40.6 Å². The molecule has 0 radical (unpaired) electrons. The van der Waals surface area contributed by atoms with E-state index >= 15 is 0 Å². The Labute approximate surface area is 164 Å². The Bertz CT molecular complexity index is 943. The van der Waals surface area contributed by atoms with Gasteiger partial charge in [-0.05, 0) is 48.6 Å². The number of hydrogen-bond donors (Lipinski definition) is 0. The van der Waals surface area contributed by atoms with Gasteiger partial charge in [-0.15, -0.1) is 0 Å². The summed E-state index contributed by atoms with van der Waals surface area (Å²) in [4.78, 5) is 2.53. The summed E-state index contributed by atoms with van der Waals surface area (Å²) in [5, 5.41) is -0.169. The smallest absolute Gasteiger partial charge is 0.243 e. The molecular weight excluding hydrogens is 387 g/mol. The zero-order valence-electron chi connectivity index (χ0n) is 14.9. The third kappa shape index (κ3) is 3.76. The molecule has 0 bridgehead atoms. The number of benzene rings is 2. The summed E-state index contributed by atoms with van der Waals surface area (Å²) in [5.41, 5.74) is 2.79. The second kappa shape index (κ2) is 7.51. The maximum absolute atomic E-state index is 13.3. The standard InChI is InChI=1S/C20H22ClFN2O2S/c21-19-13-18(5-6-20(19)22)27(25,26)24-11-8-17(9-12-24)23-10-7-15-3-1-2-4-16(15)14-23/h1-6,13,17H,7-12,14H2. The van der Waals surface area contributed by atoms with Crippen molar-refractivity contribution >= 4 is 21.6 Å². The molecule has 0 spiro atoms. The lowest BCUT2D eigenvalue weighted by Gasteiger charge is -2.40. The Morgan fingerprint density at radius 2 is 1.70 bits per heavy atom. The van der Waals surface area contributed by atoms with Crippen molar-refractivity contribution in [2.45, 2.75) is 36.7 Å². The predicted molar refractivity (Wildman–Crippen MR) is 104 cm³/mol.